The first kappa shape index (κ1) is 15.4. The third-order valence-corrected chi connectivity index (χ3v) is 3.28. The average molecular weight is 310 g/mol. The fourth-order valence-corrected chi connectivity index (χ4v) is 2.28. The number of aromatic carboxylic acids is 1. The second-order valence-corrected chi connectivity index (χ2v) is 6.10. The lowest BCUT2D eigenvalue weighted by molar-refractivity contribution is 0.0652. The van der Waals surface area contributed by atoms with Crippen molar-refractivity contribution in [3.63, 3.8) is 0 Å². The largest absolute Gasteiger partial charge is 0.496 e. The van der Waals surface area contributed by atoms with E-state index in [0.29, 0.717) is 22.0 Å². The molecule has 0 bridgehead atoms. The van der Waals surface area contributed by atoms with Crippen LogP contribution in [-0.2, 0) is 5.41 Å². The van der Waals surface area contributed by atoms with Crippen molar-refractivity contribution in [1.82, 2.24) is 5.16 Å². The topological polar surface area (TPSA) is 72.6 Å². The second kappa shape index (κ2) is 5.41. The Bertz CT molecular complexity index is 685. The number of benzene rings is 1. The summed E-state index contributed by atoms with van der Waals surface area (Å²) in [7, 11) is 1.56. The van der Waals surface area contributed by atoms with E-state index in [9.17, 15) is 4.79 Å². The van der Waals surface area contributed by atoms with Crippen LogP contribution < -0.4 is 4.74 Å². The summed E-state index contributed by atoms with van der Waals surface area (Å²) in [5.74, 6) is -0.799. The summed E-state index contributed by atoms with van der Waals surface area (Å²) in [6.45, 7) is 6.11. The maximum atomic E-state index is 10.9. The molecule has 0 fully saturated rings. The van der Waals surface area contributed by atoms with Crippen molar-refractivity contribution in [3.8, 4) is 17.0 Å². The van der Waals surface area contributed by atoms with Crippen LogP contribution in [0, 0.1) is 0 Å². The first-order valence-corrected chi connectivity index (χ1v) is 6.70. The number of hydrogen-bond donors (Lipinski definition) is 1. The molecule has 0 aliphatic carbocycles. The minimum atomic E-state index is -1.18. The van der Waals surface area contributed by atoms with Gasteiger partial charge in [0.1, 0.15) is 11.4 Å². The number of rotatable bonds is 3. The van der Waals surface area contributed by atoms with E-state index in [1.807, 2.05) is 26.8 Å². The molecule has 0 amide bonds. The monoisotopic (exact) mass is 309 g/mol. The van der Waals surface area contributed by atoms with Crippen molar-refractivity contribution in [2.24, 2.45) is 0 Å². The molecule has 5 nitrogen and oxygen atoms in total. The van der Waals surface area contributed by atoms with E-state index in [1.165, 1.54) is 6.07 Å². The van der Waals surface area contributed by atoms with Crippen molar-refractivity contribution in [2.45, 2.75) is 26.2 Å². The summed E-state index contributed by atoms with van der Waals surface area (Å²) in [6.07, 6.45) is 0. The molecule has 0 aliphatic rings. The Kier molecular flexibility index (Phi) is 3.96. The predicted molar refractivity (Wildman–Crippen MR) is 79.2 cm³/mol. The van der Waals surface area contributed by atoms with Gasteiger partial charge in [-0.25, -0.2) is 4.79 Å². The van der Waals surface area contributed by atoms with Crippen molar-refractivity contribution in [2.75, 3.05) is 7.11 Å². The molecule has 0 saturated heterocycles. The molecule has 0 spiro atoms. The first-order valence-electron chi connectivity index (χ1n) is 6.32. The van der Waals surface area contributed by atoms with Gasteiger partial charge in [-0.05, 0) is 17.5 Å². The van der Waals surface area contributed by atoms with E-state index in [1.54, 1.807) is 13.2 Å². The lowest BCUT2D eigenvalue weighted by Gasteiger charge is -2.24. The number of ether oxygens (including phenoxy) is 1. The summed E-state index contributed by atoms with van der Waals surface area (Å²) >= 11 is 6.17. The van der Waals surface area contributed by atoms with Gasteiger partial charge in [-0.15, -0.1) is 0 Å². The van der Waals surface area contributed by atoms with Crippen LogP contribution in [-0.4, -0.2) is 23.3 Å². The van der Waals surface area contributed by atoms with E-state index >= 15 is 0 Å². The zero-order chi connectivity index (χ0) is 15.8. The van der Waals surface area contributed by atoms with Crippen molar-refractivity contribution in [3.05, 3.63) is 34.5 Å². The number of carbonyl (C=O) groups is 1. The van der Waals surface area contributed by atoms with Gasteiger partial charge in [-0.2, -0.15) is 0 Å². The van der Waals surface area contributed by atoms with E-state index in [0.717, 1.165) is 5.56 Å². The molecule has 1 heterocycles. The molecular formula is C15H16ClNO4. The Morgan fingerprint density at radius 2 is 2.00 bits per heavy atom. The number of nitrogens with zero attached hydrogens (tertiary/aromatic N) is 1. The molecule has 2 aromatic rings. The van der Waals surface area contributed by atoms with Crippen LogP contribution in [0.1, 0.15) is 36.9 Å². The Morgan fingerprint density at radius 1 is 1.33 bits per heavy atom. The lowest BCUT2D eigenvalue weighted by Crippen LogP contribution is -2.13. The quantitative estimate of drug-likeness (QED) is 0.927. The number of methoxy groups -OCH3 is 1. The molecule has 0 unspecified atom stereocenters. The highest BCUT2D eigenvalue weighted by Gasteiger charge is 2.24. The number of carboxylic acids is 1. The van der Waals surface area contributed by atoms with Crippen LogP contribution in [0.25, 0.3) is 11.3 Å². The highest BCUT2D eigenvalue weighted by atomic mass is 35.5. The standard InChI is InChI=1S/C15H16ClNO4/c1-15(2,3)10-6-8(16)5-9(13(10)20-4)11-7-12(14(18)19)21-17-11/h5-7H,1-4H3,(H,18,19). The maximum absolute atomic E-state index is 10.9. The zero-order valence-corrected chi connectivity index (χ0v) is 13.0. The molecule has 2 rings (SSSR count). The highest BCUT2D eigenvalue weighted by Crippen LogP contribution is 2.41. The van der Waals surface area contributed by atoms with Gasteiger partial charge in [0.2, 0.25) is 5.76 Å². The number of carboxylic acid groups (broad SMARTS) is 1. The third-order valence-electron chi connectivity index (χ3n) is 3.06. The van der Waals surface area contributed by atoms with Crippen LogP contribution in [0.3, 0.4) is 0 Å². The normalized spacial score (nSPS) is 11.5. The van der Waals surface area contributed by atoms with E-state index < -0.39 is 5.97 Å². The zero-order valence-electron chi connectivity index (χ0n) is 12.2. The minimum Gasteiger partial charge on any atom is -0.496 e. The van der Waals surface area contributed by atoms with Crippen LogP contribution in [0.5, 0.6) is 5.75 Å². The van der Waals surface area contributed by atoms with Gasteiger partial charge in [0.05, 0.1) is 7.11 Å². The van der Waals surface area contributed by atoms with Crippen molar-refractivity contribution < 1.29 is 19.2 Å². The molecule has 0 atom stereocenters. The Morgan fingerprint density at radius 3 is 2.48 bits per heavy atom. The molecule has 6 heteroatoms. The summed E-state index contributed by atoms with van der Waals surface area (Å²) < 4.78 is 10.3. The smallest absolute Gasteiger partial charge is 0.374 e. The number of aromatic nitrogens is 1. The SMILES string of the molecule is COc1c(-c2cc(C(=O)O)on2)cc(Cl)cc1C(C)(C)C. The van der Waals surface area contributed by atoms with E-state index in [4.69, 9.17) is 26.0 Å². The fourth-order valence-electron chi connectivity index (χ4n) is 2.06. The maximum Gasteiger partial charge on any atom is 0.374 e. The van der Waals surface area contributed by atoms with Crippen LogP contribution in [0.2, 0.25) is 5.02 Å². The molecule has 1 aromatic carbocycles. The summed E-state index contributed by atoms with van der Waals surface area (Å²) in [5.41, 5.74) is 1.69. The van der Waals surface area contributed by atoms with E-state index in [2.05, 4.69) is 5.16 Å². The van der Waals surface area contributed by atoms with Gasteiger partial charge in [-0.3, -0.25) is 0 Å². The number of halogens is 1. The van der Waals surface area contributed by atoms with Crippen molar-refractivity contribution >= 4 is 17.6 Å². The average Bonchev–Trinajstić information content (AvgIpc) is 2.86. The summed E-state index contributed by atoms with van der Waals surface area (Å²) in [5, 5.41) is 13.2. The highest BCUT2D eigenvalue weighted by molar-refractivity contribution is 6.31. The second-order valence-electron chi connectivity index (χ2n) is 5.67. The van der Waals surface area contributed by atoms with Gasteiger partial charge in [0.25, 0.3) is 0 Å². The molecule has 1 aromatic heterocycles. The lowest BCUT2D eigenvalue weighted by atomic mass is 9.85. The Labute approximate surface area is 127 Å². The van der Waals surface area contributed by atoms with Gasteiger partial charge in [0.15, 0.2) is 0 Å². The third kappa shape index (κ3) is 3.03. The van der Waals surface area contributed by atoms with Gasteiger partial charge >= 0.3 is 5.97 Å². The van der Waals surface area contributed by atoms with Crippen molar-refractivity contribution in [1.29, 1.82) is 0 Å². The first-order chi connectivity index (χ1) is 9.74. The molecule has 112 valence electrons. The van der Waals surface area contributed by atoms with Gasteiger partial charge < -0.3 is 14.4 Å². The minimum absolute atomic E-state index is 0.190. The predicted octanol–water partition coefficient (Wildman–Crippen LogP) is 4.00. The van der Waals surface area contributed by atoms with Crippen LogP contribution in [0.15, 0.2) is 22.7 Å². The molecule has 1 N–H and O–H groups in total. The Hall–Kier alpha value is -2.01. The molecule has 0 aliphatic heterocycles. The molecule has 21 heavy (non-hydrogen) atoms. The van der Waals surface area contributed by atoms with Gasteiger partial charge in [-0.1, -0.05) is 37.5 Å². The summed E-state index contributed by atoms with van der Waals surface area (Å²) in [6, 6.07) is 4.87. The molecular weight excluding hydrogens is 294 g/mol. The van der Waals surface area contributed by atoms with Crippen LogP contribution in [0.4, 0.5) is 0 Å². The Balaban J connectivity index is 2.67. The van der Waals surface area contributed by atoms with Crippen LogP contribution >= 0.6 is 11.6 Å². The molecule has 0 saturated carbocycles. The van der Waals surface area contributed by atoms with Gasteiger partial charge in [0, 0.05) is 22.2 Å². The molecule has 0 radical (unpaired) electrons. The van der Waals surface area contributed by atoms with E-state index in [-0.39, 0.29) is 11.2 Å². The summed E-state index contributed by atoms with van der Waals surface area (Å²) in [4.78, 5) is 10.9. The number of hydrogen-bond acceptors (Lipinski definition) is 4. The fraction of sp³-hybridized carbons (Fsp3) is 0.333.